The maximum Gasteiger partial charge on any atom is 0.501 e. The molecule has 2 N–H and O–H groups in total. The fraction of sp³-hybridized carbons (Fsp3) is 0.200. The molecule has 0 bridgehead atoms. The van der Waals surface area contributed by atoms with Crippen molar-refractivity contribution in [3.63, 3.8) is 0 Å². The Balaban J connectivity index is 1.46. The van der Waals surface area contributed by atoms with Crippen LogP contribution in [0.1, 0.15) is 38.1 Å². The average molecular weight is 540 g/mol. The highest BCUT2D eigenvalue weighted by molar-refractivity contribution is 7.92. The number of nitrogens with one attached hydrogen (secondary N) is 2. The van der Waals surface area contributed by atoms with Crippen LogP contribution in [0.2, 0.25) is 0 Å². The Labute approximate surface area is 205 Å². The normalized spacial score (nSPS) is 12.9. The molecule has 188 valence electrons. The van der Waals surface area contributed by atoms with Gasteiger partial charge in [-0.1, -0.05) is 6.07 Å². The van der Waals surface area contributed by atoms with E-state index in [1.165, 1.54) is 29.5 Å². The van der Waals surface area contributed by atoms with Crippen LogP contribution in [0.25, 0.3) is 11.0 Å². The largest absolute Gasteiger partial charge is 0.501 e. The maximum atomic E-state index is 12.8. The lowest BCUT2D eigenvalue weighted by atomic mass is 10.2. The van der Waals surface area contributed by atoms with E-state index in [0.717, 1.165) is 23.5 Å². The number of alkyl halides is 3. The van der Waals surface area contributed by atoms with Gasteiger partial charge < -0.3 is 10.6 Å². The smallest absolute Gasteiger partial charge is 0.342 e. The third-order valence-electron chi connectivity index (χ3n) is 4.92. The molecule has 0 saturated heterocycles. The number of aryl methyl sites for hydroxylation is 1. The van der Waals surface area contributed by atoms with Crippen molar-refractivity contribution >= 4 is 49.7 Å². The van der Waals surface area contributed by atoms with Crippen molar-refractivity contribution in [2.24, 2.45) is 7.05 Å². The first-order chi connectivity index (χ1) is 16.9. The lowest BCUT2D eigenvalue weighted by Crippen LogP contribution is -2.27. The van der Waals surface area contributed by atoms with E-state index in [1.54, 1.807) is 14.0 Å². The Hall–Kier alpha value is -3.92. The molecule has 0 aliphatic heterocycles. The molecular formula is C20H16F3N7O4S2. The van der Waals surface area contributed by atoms with Crippen molar-refractivity contribution in [3.8, 4) is 0 Å². The lowest BCUT2D eigenvalue weighted by molar-refractivity contribution is -0.0436. The molecule has 4 aromatic rings. The minimum Gasteiger partial charge on any atom is -0.342 e. The average Bonchev–Trinajstić information content (AvgIpc) is 3.46. The number of halogens is 3. The first-order valence-corrected chi connectivity index (χ1v) is 12.3. The molecule has 0 saturated carbocycles. The maximum absolute atomic E-state index is 12.8. The Bertz CT molecular complexity index is 1580. The molecular weight excluding hydrogens is 523 g/mol. The van der Waals surface area contributed by atoms with Crippen molar-refractivity contribution in [2.45, 2.75) is 23.4 Å². The van der Waals surface area contributed by atoms with Crippen molar-refractivity contribution < 1.29 is 31.2 Å². The highest BCUT2D eigenvalue weighted by atomic mass is 32.2. The van der Waals surface area contributed by atoms with E-state index < -0.39 is 38.1 Å². The van der Waals surface area contributed by atoms with Crippen molar-refractivity contribution in [1.82, 2.24) is 30.0 Å². The number of hydrogen-bond donors (Lipinski definition) is 2. The molecule has 4 rings (SSSR count). The highest BCUT2D eigenvalue weighted by Crippen LogP contribution is 2.31. The van der Waals surface area contributed by atoms with E-state index in [0.29, 0.717) is 22.1 Å². The summed E-state index contributed by atoms with van der Waals surface area (Å²) in [4.78, 5) is 36.6. The SMILES string of the molecule is CC(NC(=O)c1ncnc2c1cnn2C)c1ncc(C(=O)Nc2cccc(S(=O)(=O)C(F)(F)F)c2)s1. The van der Waals surface area contributed by atoms with Gasteiger partial charge in [0.25, 0.3) is 21.7 Å². The number of hydrogen-bond acceptors (Lipinski definition) is 9. The molecule has 1 unspecified atom stereocenters. The van der Waals surface area contributed by atoms with Crippen molar-refractivity contribution in [2.75, 3.05) is 5.32 Å². The number of anilines is 1. The summed E-state index contributed by atoms with van der Waals surface area (Å²) in [5.41, 5.74) is -5.03. The van der Waals surface area contributed by atoms with Gasteiger partial charge in [-0.05, 0) is 25.1 Å². The van der Waals surface area contributed by atoms with E-state index in [9.17, 15) is 31.2 Å². The summed E-state index contributed by atoms with van der Waals surface area (Å²) >= 11 is 0.942. The number of thiazole rings is 1. The van der Waals surface area contributed by atoms with Crippen LogP contribution in [-0.4, -0.2) is 50.5 Å². The molecule has 11 nitrogen and oxygen atoms in total. The quantitative estimate of drug-likeness (QED) is 0.380. The number of benzene rings is 1. The van der Waals surface area contributed by atoms with E-state index in [1.807, 2.05) is 0 Å². The fourth-order valence-corrected chi connectivity index (χ4v) is 4.75. The highest BCUT2D eigenvalue weighted by Gasteiger charge is 2.46. The van der Waals surface area contributed by atoms with Crippen molar-refractivity contribution in [1.29, 1.82) is 0 Å². The monoisotopic (exact) mass is 539 g/mol. The topological polar surface area (TPSA) is 149 Å². The molecule has 3 heterocycles. The molecule has 0 radical (unpaired) electrons. The minimum absolute atomic E-state index is 0.0897. The van der Waals surface area contributed by atoms with Crippen LogP contribution >= 0.6 is 11.3 Å². The van der Waals surface area contributed by atoms with Crippen LogP contribution in [0.15, 0.2) is 47.9 Å². The molecule has 0 fully saturated rings. The number of amides is 2. The second kappa shape index (κ2) is 9.27. The molecule has 2 amide bonds. The summed E-state index contributed by atoms with van der Waals surface area (Å²) in [5.74, 6) is -1.22. The van der Waals surface area contributed by atoms with Crippen molar-refractivity contribution in [3.05, 3.63) is 58.6 Å². The van der Waals surface area contributed by atoms with Crippen LogP contribution in [0.5, 0.6) is 0 Å². The van der Waals surface area contributed by atoms with Gasteiger partial charge >= 0.3 is 5.51 Å². The van der Waals surface area contributed by atoms with Gasteiger partial charge in [-0.2, -0.15) is 18.3 Å². The number of nitrogens with zero attached hydrogens (tertiary/aromatic N) is 5. The number of sulfone groups is 1. The summed E-state index contributed by atoms with van der Waals surface area (Å²) in [6, 6.07) is 3.21. The minimum atomic E-state index is -5.57. The zero-order valence-electron chi connectivity index (χ0n) is 18.4. The molecule has 0 aliphatic carbocycles. The van der Waals surface area contributed by atoms with Gasteiger partial charge in [0.1, 0.15) is 21.9 Å². The molecule has 0 aliphatic rings. The summed E-state index contributed by atoms with van der Waals surface area (Å²) in [6.45, 7) is 1.64. The van der Waals surface area contributed by atoms with Crippen LogP contribution in [0, 0.1) is 0 Å². The van der Waals surface area contributed by atoms with E-state index in [-0.39, 0.29) is 16.3 Å². The van der Waals surface area contributed by atoms with Crippen LogP contribution in [0.4, 0.5) is 18.9 Å². The number of rotatable bonds is 6. The predicted molar refractivity (Wildman–Crippen MR) is 122 cm³/mol. The summed E-state index contributed by atoms with van der Waals surface area (Å²) in [5, 5.41) is 9.97. The Morgan fingerprint density at radius 3 is 2.58 bits per heavy atom. The number of fused-ring (bicyclic) bond motifs is 1. The molecule has 3 aromatic heterocycles. The molecule has 1 aromatic carbocycles. The zero-order chi connectivity index (χ0) is 26.3. The number of carbonyl (C=O) groups excluding carboxylic acids is 2. The van der Waals surface area contributed by atoms with Gasteiger partial charge in [-0.3, -0.25) is 14.3 Å². The van der Waals surface area contributed by atoms with Crippen LogP contribution in [-0.2, 0) is 16.9 Å². The van der Waals surface area contributed by atoms with Gasteiger partial charge in [-0.25, -0.2) is 23.4 Å². The Morgan fingerprint density at radius 2 is 1.86 bits per heavy atom. The third kappa shape index (κ3) is 4.76. The van der Waals surface area contributed by atoms with E-state index >= 15 is 0 Å². The first kappa shape index (κ1) is 25.2. The fourth-order valence-electron chi connectivity index (χ4n) is 3.13. The van der Waals surface area contributed by atoms with E-state index in [4.69, 9.17) is 0 Å². The van der Waals surface area contributed by atoms with E-state index in [2.05, 4.69) is 30.7 Å². The Morgan fingerprint density at radius 1 is 1.11 bits per heavy atom. The van der Waals surface area contributed by atoms with Crippen LogP contribution in [0.3, 0.4) is 0 Å². The predicted octanol–water partition coefficient (Wildman–Crippen LogP) is 2.86. The summed E-state index contributed by atoms with van der Waals surface area (Å²) in [7, 11) is -3.90. The summed E-state index contributed by atoms with van der Waals surface area (Å²) in [6.07, 6.45) is 3.94. The van der Waals surface area contributed by atoms with Gasteiger partial charge in [0.05, 0.1) is 28.7 Å². The lowest BCUT2D eigenvalue weighted by Gasteiger charge is -2.11. The second-order valence-electron chi connectivity index (χ2n) is 7.42. The van der Waals surface area contributed by atoms with Gasteiger partial charge in [-0.15, -0.1) is 11.3 Å². The second-order valence-corrected chi connectivity index (χ2v) is 10.4. The Kier molecular flexibility index (Phi) is 6.48. The summed E-state index contributed by atoms with van der Waals surface area (Å²) < 4.78 is 63.2. The number of carbonyl (C=O) groups is 2. The molecule has 36 heavy (non-hydrogen) atoms. The first-order valence-electron chi connectivity index (χ1n) is 10.0. The van der Waals surface area contributed by atoms with Gasteiger partial charge in [0.2, 0.25) is 0 Å². The molecule has 1 atom stereocenters. The third-order valence-corrected chi connectivity index (χ3v) is 7.58. The molecule has 0 spiro atoms. The van der Waals surface area contributed by atoms with Crippen LogP contribution < -0.4 is 10.6 Å². The van der Waals surface area contributed by atoms with Gasteiger partial charge in [0.15, 0.2) is 5.65 Å². The van der Waals surface area contributed by atoms with Gasteiger partial charge in [0, 0.05) is 12.7 Å². The number of aromatic nitrogens is 5. The molecule has 16 heteroatoms. The standard InChI is InChI=1S/C20H16F3N7O4S2/c1-10(28-18(32)15-13-7-27-30(2)16(13)26-9-25-15)19-24-8-14(35-19)17(31)29-11-4-3-5-12(6-11)36(33,34)20(21,22)23/h3-10H,1-2H3,(H,28,32)(H,29,31). The zero-order valence-corrected chi connectivity index (χ0v) is 20.1.